The van der Waals surface area contributed by atoms with Gasteiger partial charge in [-0.1, -0.05) is 15.9 Å². The van der Waals surface area contributed by atoms with Gasteiger partial charge in [-0.3, -0.25) is 9.88 Å². The summed E-state index contributed by atoms with van der Waals surface area (Å²) < 4.78 is 0. The first kappa shape index (κ1) is 12.7. The zero-order valence-electron chi connectivity index (χ0n) is 10.7. The normalized spacial score (nSPS) is 17.0. The van der Waals surface area contributed by atoms with Crippen molar-refractivity contribution >= 4 is 32.9 Å². The number of hydrogen-bond donors (Lipinski definition) is 0. The minimum atomic E-state index is 0.725. The predicted molar refractivity (Wildman–Crippen MR) is 79.8 cm³/mol. The molecule has 3 heterocycles. The fraction of sp³-hybridized carbons (Fsp3) is 0.462. The molecule has 0 saturated carbocycles. The maximum Gasteiger partial charge on any atom is 0.180 e. The Labute approximate surface area is 120 Å². The number of alkyl halides is 1. The van der Waals surface area contributed by atoms with Crippen molar-refractivity contribution in [3.8, 4) is 0 Å². The molecule has 2 aromatic heterocycles. The summed E-state index contributed by atoms with van der Waals surface area (Å²) >= 11 is 3.49. The molecule has 0 aromatic carbocycles. The van der Waals surface area contributed by atoms with E-state index in [0.717, 1.165) is 55.0 Å². The van der Waals surface area contributed by atoms with Gasteiger partial charge >= 0.3 is 0 Å². The van der Waals surface area contributed by atoms with Gasteiger partial charge in [-0.05, 0) is 12.1 Å². The highest BCUT2D eigenvalue weighted by Crippen LogP contribution is 2.16. The van der Waals surface area contributed by atoms with Crippen LogP contribution in [0, 0.1) is 0 Å². The molecule has 0 bridgehead atoms. The van der Waals surface area contributed by atoms with Gasteiger partial charge in [0.05, 0.1) is 0 Å². The monoisotopic (exact) mass is 321 g/mol. The standard InChI is InChI=1S/C13H16BrN5/c14-3-6-18-7-9-19(10-8-18)12-2-1-11-13(17-12)16-5-4-15-11/h1-2,4-5H,3,6-10H2. The highest BCUT2D eigenvalue weighted by atomic mass is 79.9. The molecule has 0 aliphatic carbocycles. The first-order valence-electron chi connectivity index (χ1n) is 6.48. The van der Waals surface area contributed by atoms with Crippen LogP contribution in [0.25, 0.3) is 11.2 Å². The van der Waals surface area contributed by atoms with Crippen molar-refractivity contribution in [3.63, 3.8) is 0 Å². The second-order valence-corrected chi connectivity index (χ2v) is 5.38. The second-order valence-electron chi connectivity index (χ2n) is 4.59. The summed E-state index contributed by atoms with van der Waals surface area (Å²) in [4.78, 5) is 17.9. The summed E-state index contributed by atoms with van der Waals surface area (Å²) in [5.74, 6) is 1.01. The third kappa shape index (κ3) is 2.84. The van der Waals surface area contributed by atoms with Crippen molar-refractivity contribution in [2.24, 2.45) is 0 Å². The van der Waals surface area contributed by atoms with Crippen LogP contribution in [0.4, 0.5) is 5.82 Å². The molecule has 1 aliphatic rings. The van der Waals surface area contributed by atoms with Crippen LogP contribution in [0.15, 0.2) is 24.5 Å². The van der Waals surface area contributed by atoms with Gasteiger partial charge in [0.25, 0.3) is 0 Å². The van der Waals surface area contributed by atoms with E-state index in [2.05, 4.69) is 40.7 Å². The molecule has 1 fully saturated rings. The van der Waals surface area contributed by atoms with Crippen LogP contribution in [-0.4, -0.2) is 57.9 Å². The molecule has 6 heteroatoms. The molecule has 1 aliphatic heterocycles. The van der Waals surface area contributed by atoms with Crippen LogP contribution >= 0.6 is 15.9 Å². The number of piperazine rings is 1. The van der Waals surface area contributed by atoms with Gasteiger partial charge in [0.2, 0.25) is 0 Å². The topological polar surface area (TPSA) is 45.2 Å². The molecule has 1 saturated heterocycles. The average Bonchev–Trinajstić information content (AvgIpc) is 2.48. The zero-order chi connectivity index (χ0) is 13.1. The number of rotatable bonds is 3. The van der Waals surface area contributed by atoms with Crippen LogP contribution in [0.1, 0.15) is 0 Å². The lowest BCUT2D eigenvalue weighted by atomic mass is 10.3. The van der Waals surface area contributed by atoms with E-state index in [4.69, 9.17) is 0 Å². The minimum absolute atomic E-state index is 0.725. The molecule has 0 N–H and O–H groups in total. The van der Waals surface area contributed by atoms with E-state index in [0.29, 0.717) is 0 Å². The zero-order valence-corrected chi connectivity index (χ0v) is 12.3. The Morgan fingerprint density at radius 1 is 1.05 bits per heavy atom. The van der Waals surface area contributed by atoms with Crippen LogP contribution in [0.5, 0.6) is 0 Å². The van der Waals surface area contributed by atoms with Crippen molar-refractivity contribution in [1.82, 2.24) is 19.9 Å². The molecule has 2 aromatic rings. The van der Waals surface area contributed by atoms with Crippen molar-refractivity contribution in [2.75, 3.05) is 43.0 Å². The maximum atomic E-state index is 4.59. The molecule has 3 rings (SSSR count). The molecule has 0 radical (unpaired) electrons. The molecule has 100 valence electrons. The smallest absolute Gasteiger partial charge is 0.180 e. The molecule has 0 spiro atoms. The van der Waals surface area contributed by atoms with E-state index in [9.17, 15) is 0 Å². The molecular formula is C13H16BrN5. The van der Waals surface area contributed by atoms with E-state index in [1.54, 1.807) is 12.4 Å². The van der Waals surface area contributed by atoms with E-state index < -0.39 is 0 Å². The predicted octanol–water partition coefficient (Wildman–Crippen LogP) is 1.54. The number of nitrogens with zero attached hydrogens (tertiary/aromatic N) is 5. The summed E-state index contributed by atoms with van der Waals surface area (Å²) in [6.07, 6.45) is 3.38. The fourth-order valence-electron chi connectivity index (χ4n) is 2.34. The molecule has 5 nitrogen and oxygen atoms in total. The van der Waals surface area contributed by atoms with Gasteiger partial charge in [-0.2, -0.15) is 0 Å². The Kier molecular flexibility index (Phi) is 3.89. The van der Waals surface area contributed by atoms with Crippen LogP contribution in [-0.2, 0) is 0 Å². The number of pyridine rings is 1. The number of hydrogen-bond acceptors (Lipinski definition) is 5. The van der Waals surface area contributed by atoms with Crippen molar-refractivity contribution in [1.29, 1.82) is 0 Å². The van der Waals surface area contributed by atoms with Gasteiger partial charge in [0, 0.05) is 50.4 Å². The van der Waals surface area contributed by atoms with Crippen LogP contribution < -0.4 is 4.90 Å². The minimum Gasteiger partial charge on any atom is -0.354 e. The second kappa shape index (κ2) is 5.79. The molecular weight excluding hydrogens is 306 g/mol. The van der Waals surface area contributed by atoms with Crippen LogP contribution in [0.3, 0.4) is 0 Å². The number of aromatic nitrogens is 3. The van der Waals surface area contributed by atoms with Crippen molar-refractivity contribution in [3.05, 3.63) is 24.5 Å². The largest absolute Gasteiger partial charge is 0.354 e. The number of halogens is 1. The lowest BCUT2D eigenvalue weighted by Gasteiger charge is -2.35. The van der Waals surface area contributed by atoms with Gasteiger partial charge in [0.15, 0.2) is 5.65 Å². The van der Waals surface area contributed by atoms with Gasteiger partial charge in [0.1, 0.15) is 11.3 Å². The average molecular weight is 322 g/mol. The number of fused-ring (bicyclic) bond motifs is 1. The Balaban J connectivity index is 1.74. The molecule has 0 amide bonds. The summed E-state index contributed by atoms with van der Waals surface area (Å²) in [7, 11) is 0. The summed E-state index contributed by atoms with van der Waals surface area (Å²) in [5, 5.41) is 1.04. The Hall–Kier alpha value is -1.27. The SMILES string of the molecule is BrCCN1CCN(c2ccc3nccnc3n2)CC1. The van der Waals surface area contributed by atoms with E-state index in [1.165, 1.54) is 0 Å². The first-order chi connectivity index (χ1) is 9.36. The highest BCUT2D eigenvalue weighted by Gasteiger charge is 2.17. The number of anilines is 1. The van der Waals surface area contributed by atoms with Crippen molar-refractivity contribution in [2.45, 2.75) is 0 Å². The third-order valence-electron chi connectivity index (χ3n) is 3.41. The Morgan fingerprint density at radius 2 is 1.84 bits per heavy atom. The molecule has 0 unspecified atom stereocenters. The Morgan fingerprint density at radius 3 is 2.63 bits per heavy atom. The quantitative estimate of drug-likeness (QED) is 0.802. The first-order valence-corrected chi connectivity index (χ1v) is 7.60. The highest BCUT2D eigenvalue weighted by molar-refractivity contribution is 9.09. The van der Waals surface area contributed by atoms with Crippen LogP contribution in [0.2, 0.25) is 0 Å². The molecule has 0 atom stereocenters. The summed E-state index contributed by atoms with van der Waals surface area (Å²) in [6, 6.07) is 4.03. The van der Waals surface area contributed by atoms with E-state index >= 15 is 0 Å². The van der Waals surface area contributed by atoms with E-state index in [1.807, 2.05) is 12.1 Å². The van der Waals surface area contributed by atoms with Crippen molar-refractivity contribution < 1.29 is 0 Å². The Bertz CT molecular complexity index is 553. The van der Waals surface area contributed by atoms with Gasteiger partial charge in [-0.25, -0.2) is 9.97 Å². The van der Waals surface area contributed by atoms with Gasteiger partial charge < -0.3 is 4.90 Å². The summed E-state index contributed by atoms with van der Waals surface area (Å²) in [6.45, 7) is 5.33. The lowest BCUT2D eigenvalue weighted by molar-refractivity contribution is 0.273. The van der Waals surface area contributed by atoms with Gasteiger partial charge in [-0.15, -0.1) is 0 Å². The lowest BCUT2D eigenvalue weighted by Crippen LogP contribution is -2.47. The fourth-order valence-corrected chi connectivity index (χ4v) is 2.84. The van der Waals surface area contributed by atoms with E-state index in [-0.39, 0.29) is 0 Å². The molecule has 19 heavy (non-hydrogen) atoms. The summed E-state index contributed by atoms with van der Waals surface area (Å²) in [5.41, 5.74) is 1.58. The maximum absolute atomic E-state index is 4.59. The third-order valence-corrected chi connectivity index (χ3v) is 3.77.